The molecule has 1 aliphatic heterocycles. The Labute approximate surface area is 219 Å². The molecule has 0 saturated carbocycles. The quantitative estimate of drug-likeness (QED) is 0.460. The minimum Gasteiger partial charge on any atom is -0.325 e. The van der Waals surface area contributed by atoms with Crippen LogP contribution in [-0.2, 0) is 24.8 Å². The van der Waals surface area contributed by atoms with Gasteiger partial charge in [0.25, 0.3) is 10.0 Å². The monoisotopic (exact) mass is 541 g/mol. The molecule has 1 fully saturated rings. The fourth-order valence-electron chi connectivity index (χ4n) is 4.24. The van der Waals surface area contributed by atoms with Gasteiger partial charge in [0, 0.05) is 18.8 Å². The zero-order valence-electron chi connectivity index (χ0n) is 21.1. The number of sulfonamides is 2. The lowest BCUT2D eigenvalue weighted by molar-refractivity contribution is -0.114. The summed E-state index contributed by atoms with van der Waals surface area (Å²) in [6.45, 7) is 6.08. The van der Waals surface area contributed by atoms with Crippen molar-refractivity contribution >= 4 is 37.3 Å². The molecular weight excluding hydrogens is 510 g/mol. The Morgan fingerprint density at radius 2 is 1.38 bits per heavy atom. The van der Waals surface area contributed by atoms with Crippen molar-refractivity contribution in [1.82, 2.24) is 4.31 Å². The third kappa shape index (κ3) is 5.87. The number of carbonyl (C=O) groups excluding carboxylic acids is 1. The third-order valence-electron chi connectivity index (χ3n) is 6.37. The summed E-state index contributed by atoms with van der Waals surface area (Å²) < 4.78 is 55.4. The van der Waals surface area contributed by atoms with Crippen molar-refractivity contribution in [3.63, 3.8) is 0 Å². The maximum atomic E-state index is 13.7. The maximum absolute atomic E-state index is 13.7. The summed E-state index contributed by atoms with van der Waals surface area (Å²) >= 11 is 0. The van der Waals surface area contributed by atoms with E-state index < -0.39 is 32.5 Å². The standard InChI is InChI=1S/C27H31N3O5S2/c1-20-7-12-25(13-8-20)37(34,35)30(26-18-21(2)6-9-22(26)3)19-27(31)28-23-10-14-24(15-11-23)36(32,33)29-16-4-5-17-29/h6-15,18H,4-5,16-17,19H2,1-3H3,(H,28,31). The summed E-state index contributed by atoms with van der Waals surface area (Å²) in [4.78, 5) is 13.3. The number of nitrogens with zero attached hydrogens (tertiary/aromatic N) is 2. The minimum absolute atomic E-state index is 0.0864. The van der Waals surface area contributed by atoms with Crippen molar-refractivity contribution in [3.05, 3.63) is 83.4 Å². The molecule has 0 aromatic heterocycles. The largest absolute Gasteiger partial charge is 0.325 e. The van der Waals surface area contributed by atoms with Gasteiger partial charge in [0.2, 0.25) is 15.9 Å². The van der Waals surface area contributed by atoms with Gasteiger partial charge in [-0.05, 0) is 87.2 Å². The van der Waals surface area contributed by atoms with Gasteiger partial charge in [-0.25, -0.2) is 16.8 Å². The topological polar surface area (TPSA) is 104 Å². The summed E-state index contributed by atoms with van der Waals surface area (Å²) in [6.07, 6.45) is 1.69. The molecule has 0 atom stereocenters. The summed E-state index contributed by atoms with van der Waals surface area (Å²) in [5.74, 6) is -0.549. The third-order valence-corrected chi connectivity index (χ3v) is 10.1. The Bertz CT molecular complexity index is 1490. The average Bonchev–Trinajstić information content (AvgIpc) is 3.41. The molecule has 0 radical (unpaired) electrons. The second-order valence-corrected chi connectivity index (χ2v) is 13.1. The normalized spacial score (nSPS) is 14.5. The number of hydrogen-bond acceptors (Lipinski definition) is 5. The summed E-state index contributed by atoms with van der Waals surface area (Å²) in [7, 11) is -7.61. The highest BCUT2D eigenvalue weighted by atomic mass is 32.2. The van der Waals surface area contributed by atoms with Crippen LogP contribution in [0.1, 0.15) is 29.5 Å². The van der Waals surface area contributed by atoms with E-state index in [1.807, 2.05) is 26.0 Å². The van der Waals surface area contributed by atoms with E-state index in [1.54, 1.807) is 25.1 Å². The summed E-state index contributed by atoms with van der Waals surface area (Å²) in [5.41, 5.74) is 3.29. The molecular formula is C27H31N3O5S2. The van der Waals surface area contributed by atoms with Gasteiger partial charge >= 0.3 is 0 Å². The van der Waals surface area contributed by atoms with E-state index in [2.05, 4.69) is 5.32 Å². The van der Waals surface area contributed by atoms with Gasteiger partial charge < -0.3 is 5.32 Å². The van der Waals surface area contributed by atoms with E-state index in [4.69, 9.17) is 0 Å². The van der Waals surface area contributed by atoms with E-state index in [1.165, 1.54) is 40.7 Å². The Kier molecular flexibility index (Phi) is 7.72. The van der Waals surface area contributed by atoms with Crippen LogP contribution in [0.25, 0.3) is 0 Å². The Hall–Kier alpha value is -3.21. The Balaban J connectivity index is 1.59. The first-order valence-electron chi connectivity index (χ1n) is 12.1. The number of nitrogens with one attached hydrogen (secondary N) is 1. The highest BCUT2D eigenvalue weighted by Crippen LogP contribution is 2.28. The van der Waals surface area contributed by atoms with Gasteiger partial charge in [-0.3, -0.25) is 9.10 Å². The molecule has 1 heterocycles. The van der Waals surface area contributed by atoms with Gasteiger partial charge in [0.15, 0.2) is 0 Å². The van der Waals surface area contributed by atoms with Crippen molar-refractivity contribution in [2.24, 2.45) is 0 Å². The van der Waals surface area contributed by atoms with Crippen LogP contribution in [0.5, 0.6) is 0 Å². The van der Waals surface area contributed by atoms with E-state index in [9.17, 15) is 21.6 Å². The molecule has 0 aliphatic carbocycles. The van der Waals surface area contributed by atoms with E-state index in [0.29, 0.717) is 30.0 Å². The predicted molar refractivity (Wildman–Crippen MR) is 145 cm³/mol. The van der Waals surface area contributed by atoms with E-state index in [0.717, 1.165) is 28.3 Å². The van der Waals surface area contributed by atoms with Gasteiger partial charge in [-0.1, -0.05) is 29.8 Å². The second-order valence-electron chi connectivity index (χ2n) is 9.30. The number of anilines is 2. The van der Waals surface area contributed by atoms with Crippen LogP contribution in [0.15, 0.2) is 76.5 Å². The average molecular weight is 542 g/mol. The first kappa shape index (κ1) is 26.8. The van der Waals surface area contributed by atoms with Crippen LogP contribution in [0, 0.1) is 20.8 Å². The molecule has 4 rings (SSSR count). The molecule has 0 spiro atoms. The Morgan fingerprint density at radius 3 is 2.00 bits per heavy atom. The van der Waals surface area contributed by atoms with E-state index >= 15 is 0 Å². The van der Waals surface area contributed by atoms with Gasteiger partial charge in [0.05, 0.1) is 15.5 Å². The van der Waals surface area contributed by atoms with Crippen molar-refractivity contribution in [2.45, 2.75) is 43.4 Å². The first-order chi connectivity index (χ1) is 17.5. The van der Waals surface area contributed by atoms with Crippen LogP contribution in [0.3, 0.4) is 0 Å². The highest BCUT2D eigenvalue weighted by molar-refractivity contribution is 7.92. The maximum Gasteiger partial charge on any atom is 0.264 e. The van der Waals surface area contributed by atoms with Crippen LogP contribution < -0.4 is 9.62 Å². The molecule has 8 nitrogen and oxygen atoms in total. The van der Waals surface area contributed by atoms with Crippen LogP contribution in [0.2, 0.25) is 0 Å². The molecule has 3 aromatic carbocycles. The fraction of sp³-hybridized carbons (Fsp3) is 0.296. The van der Waals surface area contributed by atoms with Gasteiger partial charge in [-0.2, -0.15) is 4.31 Å². The summed E-state index contributed by atoms with van der Waals surface area (Å²) in [6, 6.07) is 17.9. The van der Waals surface area contributed by atoms with E-state index in [-0.39, 0.29) is 9.79 Å². The summed E-state index contributed by atoms with van der Waals surface area (Å²) in [5, 5.41) is 2.70. The molecule has 10 heteroatoms. The van der Waals surface area contributed by atoms with Crippen molar-refractivity contribution in [1.29, 1.82) is 0 Å². The molecule has 0 bridgehead atoms. The molecule has 1 N–H and O–H groups in total. The second kappa shape index (κ2) is 10.6. The number of benzene rings is 3. The smallest absolute Gasteiger partial charge is 0.264 e. The molecule has 1 aliphatic rings. The number of carbonyl (C=O) groups is 1. The Morgan fingerprint density at radius 1 is 0.811 bits per heavy atom. The number of aryl methyl sites for hydroxylation is 3. The molecule has 1 amide bonds. The molecule has 196 valence electrons. The molecule has 1 saturated heterocycles. The van der Waals surface area contributed by atoms with Crippen molar-refractivity contribution in [2.75, 3.05) is 29.3 Å². The van der Waals surface area contributed by atoms with Crippen molar-refractivity contribution in [3.8, 4) is 0 Å². The zero-order valence-corrected chi connectivity index (χ0v) is 22.8. The van der Waals surface area contributed by atoms with Gasteiger partial charge in [-0.15, -0.1) is 0 Å². The lowest BCUT2D eigenvalue weighted by Gasteiger charge is -2.26. The lowest BCUT2D eigenvalue weighted by Crippen LogP contribution is -2.38. The number of rotatable bonds is 8. The fourth-order valence-corrected chi connectivity index (χ4v) is 7.24. The first-order valence-corrected chi connectivity index (χ1v) is 14.9. The molecule has 0 unspecified atom stereocenters. The highest BCUT2D eigenvalue weighted by Gasteiger charge is 2.29. The van der Waals surface area contributed by atoms with Crippen molar-refractivity contribution < 1.29 is 21.6 Å². The lowest BCUT2D eigenvalue weighted by atomic mass is 10.1. The van der Waals surface area contributed by atoms with Gasteiger partial charge in [0.1, 0.15) is 6.54 Å². The number of amides is 1. The van der Waals surface area contributed by atoms with Crippen LogP contribution >= 0.6 is 0 Å². The molecule has 37 heavy (non-hydrogen) atoms. The predicted octanol–water partition coefficient (Wildman–Crippen LogP) is 4.23. The number of hydrogen-bond donors (Lipinski definition) is 1. The molecule has 3 aromatic rings. The minimum atomic E-state index is -4.05. The van der Waals surface area contributed by atoms with Crippen LogP contribution in [0.4, 0.5) is 11.4 Å². The zero-order chi connectivity index (χ0) is 26.8. The SMILES string of the molecule is Cc1ccc(S(=O)(=O)N(CC(=O)Nc2ccc(S(=O)(=O)N3CCCC3)cc2)c2cc(C)ccc2C)cc1. The van der Waals surface area contributed by atoms with Crippen LogP contribution in [-0.4, -0.2) is 46.7 Å².